The number of carbonyl (C=O) groups excluding carboxylic acids is 2. The second-order valence-corrected chi connectivity index (χ2v) is 5.53. The van der Waals surface area contributed by atoms with Crippen molar-refractivity contribution in [2.75, 3.05) is 5.32 Å². The molecule has 0 saturated heterocycles. The Hall–Kier alpha value is -2.41. The van der Waals surface area contributed by atoms with E-state index < -0.39 is 5.91 Å². The lowest BCUT2D eigenvalue weighted by molar-refractivity contribution is -0.115. The molecule has 1 heterocycles. The Morgan fingerprint density at radius 2 is 1.81 bits per heavy atom. The molecule has 21 heavy (non-hydrogen) atoms. The average Bonchev–Trinajstić information content (AvgIpc) is 2.48. The van der Waals surface area contributed by atoms with Gasteiger partial charge in [-0.15, -0.1) is 0 Å². The van der Waals surface area contributed by atoms with Crippen LogP contribution in [0.5, 0.6) is 0 Å². The third-order valence-corrected chi connectivity index (χ3v) is 3.62. The highest BCUT2D eigenvalue weighted by Gasteiger charge is 2.15. The number of nitrogens with one attached hydrogen (secondary N) is 1. The van der Waals surface area contributed by atoms with E-state index in [-0.39, 0.29) is 11.2 Å². The van der Waals surface area contributed by atoms with Crippen LogP contribution in [0.15, 0.2) is 47.9 Å². The third kappa shape index (κ3) is 4.28. The van der Waals surface area contributed by atoms with Crippen LogP contribution in [-0.4, -0.2) is 27.0 Å². The number of rotatable bonds is 5. The molecule has 0 saturated carbocycles. The normalized spacial score (nSPS) is 11.7. The first-order valence-corrected chi connectivity index (χ1v) is 7.08. The van der Waals surface area contributed by atoms with Gasteiger partial charge in [-0.1, -0.05) is 11.8 Å². The number of benzene rings is 1. The van der Waals surface area contributed by atoms with Gasteiger partial charge in [-0.2, -0.15) is 0 Å². The highest BCUT2D eigenvalue weighted by molar-refractivity contribution is 8.00. The number of amides is 2. The summed E-state index contributed by atoms with van der Waals surface area (Å²) in [6.45, 7) is 1.77. The maximum absolute atomic E-state index is 12.1. The zero-order valence-electron chi connectivity index (χ0n) is 11.3. The molecule has 6 nitrogen and oxygen atoms in total. The Bertz CT molecular complexity index is 631. The second kappa shape index (κ2) is 6.85. The van der Waals surface area contributed by atoms with Crippen molar-refractivity contribution in [3.63, 3.8) is 0 Å². The van der Waals surface area contributed by atoms with Crippen molar-refractivity contribution in [2.45, 2.75) is 17.3 Å². The van der Waals surface area contributed by atoms with Crippen LogP contribution in [0.3, 0.4) is 0 Å². The molecule has 0 radical (unpaired) electrons. The molecule has 0 bridgehead atoms. The number of anilines is 1. The van der Waals surface area contributed by atoms with Crippen LogP contribution < -0.4 is 11.1 Å². The Morgan fingerprint density at radius 1 is 1.19 bits per heavy atom. The van der Waals surface area contributed by atoms with Gasteiger partial charge < -0.3 is 11.1 Å². The van der Waals surface area contributed by atoms with Gasteiger partial charge in [0.05, 0.1) is 5.25 Å². The molecule has 0 aliphatic rings. The first-order chi connectivity index (χ1) is 10.1. The lowest BCUT2D eigenvalue weighted by Gasteiger charge is -2.11. The molecule has 1 aromatic carbocycles. The summed E-state index contributed by atoms with van der Waals surface area (Å²) in [7, 11) is 0. The summed E-state index contributed by atoms with van der Waals surface area (Å²) in [6.07, 6.45) is 3.25. The van der Waals surface area contributed by atoms with Crippen molar-refractivity contribution < 1.29 is 9.59 Å². The summed E-state index contributed by atoms with van der Waals surface area (Å²) in [5.41, 5.74) is 6.16. The van der Waals surface area contributed by atoms with Gasteiger partial charge >= 0.3 is 0 Å². The van der Waals surface area contributed by atoms with Gasteiger partial charge in [0.15, 0.2) is 5.16 Å². The second-order valence-electron chi connectivity index (χ2n) is 4.22. The summed E-state index contributed by atoms with van der Waals surface area (Å²) in [6, 6.07) is 8.12. The molecule has 1 atom stereocenters. The molecule has 1 aromatic heterocycles. The van der Waals surface area contributed by atoms with Crippen molar-refractivity contribution in [1.82, 2.24) is 9.97 Å². The van der Waals surface area contributed by atoms with Crippen LogP contribution in [0, 0.1) is 0 Å². The van der Waals surface area contributed by atoms with E-state index in [0.717, 1.165) is 0 Å². The van der Waals surface area contributed by atoms with Crippen LogP contribution in [0.4, 0.5) is 5.69 Å². The molecule has 2 aromatic rings. The van der Waals surface area contributed by atoms with Gasteiger partial charge in [-0.25, -0.2) is 9.97 Å². The molecule has 0 unspecified atom stereocenters. The fraction of sp³-hybridized carbons (Fsp3) is 0.143. The molecule has 0 aliphatic heterocycles. The van der Waals surface area contributed by atoms with Crippen molar-refractivity contribution >= 4 is 29.3 Å². The first-order valence-electron chi connectivity index (χ1n) is 6.20. The Morgan fingerprint density at radius 3 is 2.38 bits per heavy atom. The largest absolute Gasteiger partial charge is 0.366 e. The number of primary amides is 1. The van der Waals surface area contributed by atoms with E-state index in [0.29, 0.717) is 16.4 Å². The van der Waals surface area contributed by atoms with E-state index in [1.807, 2.05) is 0 Å². The lowest BCUT2D eigenvalue weighted by atomic mass is 10.2. The highest BCUT2D eigenvalue weighted by Crippen LogP contribution is 2.20. The quantitative estimate of drug-likeness (QED) is 0.647. The number of aromatic nitrogens is 2. The number of hydrogen-bond acceptors (Lipinski definition) is 5. The van der Waals surface area contributed by atoms with Crippen LogP contribution >= 0.6 is 11.8 Å². The van der Waals surface area contributed by atoms with Crippen LogP contribution in [0.1, 0.15) is 17.3 Å². The molecule has 0 aliphatic carbocycles. The van der Waals surface area contributed by atoms with Crippen molar-refractivity contribution in [1.29, 1.82) is 0 Å². The number of carbonyl (C=O) groups is 2. The molecular weight excluding hydrogens is 288 g/mol. The number of nitrogens with zero attached hydrogens (tertiary/aromatic N) is 2. The smallest absolute Gasteiger partial charge is 0.248 e. The Labute approximate surface area is 126 Å². The van der Waals surface area contributed by atoms with Crippen molar-refractivity contribution in [3.05, 3.63) is 48.3 Å². The summed E-state index contributed by atoms with van der Waals surface area (Å²) < 4.78 is 0. The van der Waals surface area contributed by atoms with Crippen molar-refractivity contribution in [2.24, 2.45) is 5.73 Å². The van der Waals surface area contributed by atoms with E-state index >= 15 is 0 Å². The van der Waals surface area contributed by atoms with Gasteiger partial charge in [0.1, 0.15) is 0 Å². The van der Waals surface area contributed by atoms with Crippen LogP contribution in [0.2, 0.25) is 0 Å². The summed E-state index contributed by atoms with van der Waals surface area (Å²) in [5.74, 6) is -0.669. The summed E-state index contributed by atoms with van der Waals surface area (Å²) in [5, 5.41) is 2.96. The topological polar surface area (TPSA) is 98.0 Å². The Kier molecular flexibility index (Phi) is 4.89. The number of thioether (sulfide) groups is 1. The van der Waals surface area contributed by atoms with E-state index in [1.54, 1.807) is 49.6 Å². The molecular formula is C14H14N4O2S. The summed E-state index contributed by atoms with van der Waals surface area (Å²) in [4.78, 5) is 31.1. The average molecular weight is 302 g/mol. The zero-order chi connectivity index (χ0) is 15.2. The number of hydrogen-bond donors (Lipinski definition) is 2. The third-order valence-electron chi connectivity index (χ3n) is 2.63. The SMILES string of the molecule is C[C@@H](Sc1ncccn1)C(=O)Nc1ccc(C(N)=O)cc1. The minimum atomic E-state index is -0.502. The minimum Gasteiger partial charge on any atom is -0.366 e. The molecule has 0 fully saturated rings. The van der Waals surface area contributed by atoms with Gasteiger partial charge in [0, 0.05) is 23.6 Å². The highest BCUT2D eigenvalue weighted by atomic mass is 32.2. The van der Waals surface area contributed by atoms with Crippen LogP contribution in [-0.2, 0) is 4.79 Å². The van der Waals surface area contributed by atoms with Crippen molar-refractivity contribution in [3.8, 4) is 0 Å². The fourth-order valence-electron chi connectivity index (χ4n) is 1.52. The standard InChI is InChI=1S/C14H14N4O2S/c1-9(21-14-16-7-2-8-17-14)13(20)18-11-5-3-10(4-6-11)12(15)19/h2-9H,1H3,(H2,15,19)(H,18,20)/t9-/m1/s1. The maximum atomic E-state index is 12.1. The van der Waals surface area contributed by atoms with E-state index in [2.05, 4.69) is 15.3 Å². The van der Waals surface area contributed by atoms with E-state index in [9.17, 15) is 9.59 Å². The maximum Gasteiger partial charge on any atom is 0.248 e. The van der Waals surface area contributed by atoms with E-state index in [1.165, 1.54) is 11.8 Å². The predicted molar refractivity (Wildman–Crippen MR) is 80.9 cm³/mol. The van der Waals surface area contributed by atoms with E-state index in [4.69, 9.17) is 5.73 Å². The lowest BCUT2D eigenvalue weighted by Crippen LogP contribution is -2.22. The van der Waals surface area contributed by atoms with Gasteiger partial charge in [0.2, 0.25) is 11.8 Å². The predicted octanol–water partition coefficient (Wildman–Crippen LogP) is 1.69. The van der Waals surface area contributed by atoms with Gasteiger partial charge in [-0.3, -0.25) is 9.59 Å². The molecule has 2 amide bonds. The first kappa shape index (κ1) is 15.0. The molecule has 3 N–H and O–H groups in total. The molecule has 2 rings (SSSR count). The van der Waals surface area contributed by atoms with Crippen LogP contribution in [0.25, 0.3) is 0 Å². The molecule has 7 heteroatoms. The van der Waals surface area contributed by atoms with Gasteiger partial charge in [0.25, 0.3) is 0 Å². The number of nitrogens with two attached hydrogens (primary N) is 1. The molecule has 108 valence electrons. The van der Waals surface area contributed by atoms with Gasteiger partial charge in [-0.05, 0) is 37.3 Å². The minimum absolute atomic E-state index is 0.167. The fourth-order valence-corrected chi connectivity index (χ4v) is 2.25. The Balaban J connectivity index is 1.95. The zero-order valence-corrected chi connectivity index (χ0v) is 12.1. The summed E-state index contributed by atoms with van der Waals surface area (Å²) >= 11 is 1.27. The molecule has 0 spiro atoms. The monoisotopic (exact) mass is 302 g/mol.